The number of hydrogen-bond donors (Lipinski definition) is 0. The minimum absolute atomic E-state index is 0.0546. The van der Waals surface area contributed by atoms with E-state index < -0.39 is 43.6 Å². The molecule has 4 atom stereocenters. The molecule has 2 aliphatic heterocycles. The van der Waals surface area contributed by atoms with Gasteiger partial charge in [0.25, 0.3) is 5.56 Å². The second-order valence-electron chi connectivity index (χ2n) is 12.8. The number of carbonyl (C=O) groups is 1. The fraction of sp³-hybridized carbons (Fsp3) is 0.692. The lowest BCUT2D eigenvalue weighted by Crippen LogP contribution is -2.44. The standard InChI is InChI=1S/C26H40N4O7Si/c1-24(2,3)35-17(31)11-12-29-14-28-21-18(22(29)32)27-15-30(21)23-20-19(36-26(7,8)37-20)16(34-23)13-33-38(9,10)25(4,5)6/h11-12,14-16,19-20,23H,13H2,1-10H3/b12-11+/t16-,19-,20-,23-/m1/s1. The highest BCUT2D eigenvalue weighted by Crippen LogP contribution is 2.44. The van der Waals surface area contributed by atoms with Crippen LogP contribution in [-0.2, 0) is 28.2 Å². The largest absolute Gasteiger partial charge is 0.457 e. The molecule has 2 saturated heterocycles. The Hall–Kier alpha value is -2.38. The van der Waals surface area contributed by atoms with Crippen LogP contribution >= 0.6 is 0 Å². The van der Waals surface area contributed by atoms with Gasteiger partial charge in [-0.05, 0) is 52.8 Å². The Kier molecular flexibility index (Phi) is 7.28. The van der Waals surface area contributed by atoms with Crippen molar-refractivity contribution in [1.82, 2.24) is 19.1 Å². The van der Waals surface area contributed by atoms with Crippen molar-refractivity contribution in [3.05, 3.63) is 29.1 Å². The van der Waals surface area contributed by atoms with E-state index in [0.29, 0.717) is 12.3 Å². The summed E-state index contributed by atoms with van der Waals surface area (Å²) in [5.41, 5.74) is -0.578. The summed E-state index contributed by atoms with van der Waals surface area (Å²) in [7, 11) is -2.02. The second-order valence-corrected chi connectivity index (χ2v) is 17.6. The van der Waals surface area contributed by atoms with Crippen LogP contribution in [0.5, 0.6) is 0 Å². The SMILES string of the molecule is CC(C)(C)OC(=O)/C=C/n1cnc2c(ncn2[C@@H]2O[C@H](CO[Si](C)(C)C(C)(C)C)[C@H]3OC(C)(C)O[C@H]32)c1=O. The molecular formula is C26H40N4O7Si. The minimum Gasteiger partial charge on any atom is -0.457 e. The maximum Gasteiger partial charge on any atom is 0.332 e. The number of hydrogen-bond acceptors (Lipinski definition) is 9. The van der Waals surface area contributed by atoms with Crippen molar-refractivity contribution in [3.63, 3.8) is 0 Å². The van der Waals surface area contributed by atoms with Gasteiger partial charge in [-0.1, -0.05) is 20.8 Å². The van der Waals surface area contributed by atoms with E-state index in [9.17, 15) is 9.59 Å². The van der Waals surface area contributed by atoms with E-state index in [2.05, 4.69) is 43.8 Å². The average molecular weight is 549 g/mol. The van der Waals surface area contributed by atoms with Crippen LogP contribution in [0.25, 0.3) is 17.4 Å². The smallest absolute Gasteiger partial charge is 0.332 e. The van der Waals surface area contributed by atoms with Crippen molar-refractivity contribution in [1.29, 1.82) is 0 Å². The molecule has 210 valence electrons. The monoisotopic (exact) mass is 548 g/mol. The third-order valence-corrected chi connectivity index (χ3v) is 11.6. The molecule has 0 spiro atoms. The molecule has 0 unspecified atom stereocenters. The van der Waals surface area contributed by atoms with Gasteiger partial charge >= 0.3 is 5.97 Å². The highest BCUT2D eigenvalue weighted by molar-refractivity contribution is 6.74. The summed E-state index contributed by atoms with van der Waals surface area (Å²) in [6, 6.07) is 0. The van der Waals surface area contributed by atoms with Crippen LogP contribution in [0, 0.1) is 0 Å². The maximum absolute atomic E-state index is 13.1. The number of rotatable bonds is 6. The molecule has 2 aromatic heterocycles. The zero-order valence-corrected chi connectivity index (χ0v) is 25.0. The maximum atomic E-state index is 13.1. The summed E-state index contributed by atoms with van der Waals surface area (Å²) >= 11 is 0. The van der Waals surface area contributed by atoms with Crippen LogP contribution in [0.3, 0.4) is 0 Å². The van der Waals surface area contributed by atoms with Crippen molar-refractivity contribution in [2.45, 2.75) is 109 Å². The van der Waals surface area contributed by atoms with E-state index in [1.165, 1.54) is 29.5 Å². The quantitative estimate of drug-likeness (QED) is 0.301. The Morgan fingerprint density at radius 1 is 1.11 bits per heavy atom. The van der Waals surface area contributed by atoms with Crippen LogP contribution in [0.4, 0.5) is 0 Å². The second kappa shape index (κ2) is 9.67. The normalized spacial score (nSPS) is 25.8. The summed E-state index contributed by atoms with van der Waals surface area (Å²) in [6.07, 6.45) is 3.59. The molecule has 2 fully saturated rings. The molecule has 12 heteroatoms. The molecule has 4 rings (SSSR count). The molecular weight excluding hydrogens is 508 g/mol. The number of fused-ring (bicyclic) bond motifs is 2. The van der Waals surface area contributed by atoms with Gasteiger partial charge in [0, 0.05) is 12.3 Å². The van der Waals surface area contributed by atoms with Crippen molar-refractivity contribution in [2.75, 3.05) is 6.61 Å². The Labute approximate surface area is 224 Å². The summed E-state index contributed by atoms with van der Waals surface area (Å²) in [6.45, 7) is 20.4. The fourth-order valence-electron chi connectivity index (χ4n) is 4.22. The zero-order valence-electron chi connectivity index (χ0n) is 24.0. The van der Waals surface area contributed by atoms with Gasteiger partial charge in [0.15, 0.2) is 31.5 Å². The lowest BCUT2D eigenvalue weighted by molar-refractivity contribution is -0.199. The first kappa shape index (κ1) is 28.6. The molecule has 0 bridgehead atoms. The van der Waals surface area contributed by atoms with Crippen LogP contribution in [0.15, 0.2) is 23.5 Å². The van der Waals surface area contributed by atoms with Crippen LogP contribution in [0.1, 0.15) is 61.6 Å². The Bertz CT molecular complexity index is 1290. The van der Waals surface area contributed by atoms with Crippen LogP contribution in [0.2, 0.25) is 18.1 Å². The number of ether oxygens (including phenoxy) is 4. The van der Waals surface area contributed by atoms with E-state index in [1.807, 2.05) is 13.8 Å². The minimum atomic E-state index is -2.02. The lowest BCUT2D eigenvalue weighted by Gasteiger charge is -2.37. The Morgan fingerprint density at radius 3 is 2.39 bits per heavy atom. The molecule has 11 nitrogen and oxygen atoms in total. The molecule has 2 aliphatic rings. The van der Waals surface area contributed by atoms with Crippen molar-refractivity contribution in [2.24, 2.45) is 0 Å². The van der Waals surface area contributed by atoms with Gasteiger partial charge in [0.2, 0.25) is 0 Å². The van der Waals surface area contributed by atoms with Gasteiger partial charge in [-0.25, -0.2) is 14.8 Å². The van der Waals surface area contributed by atoms with E-state index >= 15 is 0 Å². The number of nitrogens with zero attached hydrogens (tertiary/aromatic N) is 4. The zero-order chi connectivity index (χ0) is 28.3. The molecule has 0 aromatic carbocycles. The van der Waals surface area contributed by atoms with E-state index in [1.54, 1.807) is 25.3 Å². The third kappa shape index (κ3) is 5.79. The van der Waals surface area contributed by atoms with Crippen molar-refractivity contribution < 1.29 is 28.2 Å². The highest BCUT2D eigenvalue weighted by Gasteiger charge is 2.56. The molecule has 0 radical (unpaired) electrons. The Balaban J connectivity index is 1.59. The first-order chi connectivity index (χ1) is 17.4. The van der Waals surface area contributed by atoms with Gasteiger partial charge in [-0.2, -0.15) is 0 Å². The molecule has 0 amide bonds. The molecule has 0 aliphatic carbocycles. The van der Waals surface area contributed by atoms with E-state index in [-0.39, 0.29) is 22.8 Å². The van der Waals surface area contributed by atoms with Crippen molar-refractivity contribution in [3.8, 4) is 0 Å². The first-order valence-electron chi connectivity index (χ1n) is 12.9. The number of esters is 1. The van der Waals surface area contributed by atoms with Crippen LogP contribution < -0.4 is 5.56 Å². The summed E-state index contributed by atoms with van der Waals surface area (Å²) in [5, 5.41) is 0.0546. The Morgan fingerprint density at radius 2 is 1.76 bits per heavy atom. The molecule has 2 aromatic rings. The first-order valence-corrected chi connectivity index (χ1v) is 15.8. The highest BCUT2D eigenvalue weighted by atomic mass is 28.4. The topological polar surface area (TPSA) is 116 Å². The van der Waals surface area contributed by atoms with Gasteiger partial charge < -0.3 is 23.4 Å². The molecule has 38 heavy (non-hydrogen) atoms. The summed E-state index contributed by atoms with van der Waals surface area (Å²) in [5.74, 6) is -1.36. The molecule has 0 N–H and O–H groups in total. The van der Waals surface area contributed by atoms with Crippen LogP contribution in [-0.4, -0.2) is 69.7 Å². The number of carbonyl (C=O) groups excluding carboxylic acids is 1. The average Bonchev–Trinajstić information content (AvgIpc) is 3.41. The van der Waals surface area contributed by atoms with Gasteiger partial charge in [-0.15, -0.1) is 0 Å². The number of aromatic nitrogens is 4. The third-order valence-electron chi connectivity index (χ3n) is 7.10. The molecule has 0 saturated carbocycles. The van der Waals surface area contributed by atoms with E-state index in [4.69, 9.17) is 23.4 Å². The van der Waals surface area contributed by atoms with Gasteiger partial charge in [-0.3, -0.25) is 13.9 Å². The molecule has 4 heterocycles. The predicted molar refractivity (Wildman–Crippen MR) is 144 cm³/mol. The van der Waals surface area contributed by atoms with Gasteiger partial charge in [0.05, 0.1) is 12.9 Å². The number of imidazole rings is 1. The fourth-order valence-corrected chi connectivity index (χ4v) is 5.23. The summed E-state index contributed by atoms with van der Waals surface area (Å²) in [4.78, 5) is 33.9. The predicted octanol–water partition coefficient (Wildman–Crippen LogP) is 3.84. The summed E-state index contributed by atoms with van der Waals surface area (Å²) < 4.78 is 33.5. The van der Waals surface area contributed by atoms with Gasteiger partial charge in [0.1, 0.15) is 30.2 Å². The van der Waals surface area contributed by atoms with E-state index in [0.717, 1.165) is 0 Å². The lowest BCUT2D eigenvalue weighted by atomic mass is 10.1. The van der Waals surface area contributed by atoms with Crippen molar-refractivity contribution >= 4 is 31.7 Å².